The van der Waals surface area contributed by atoms with Crippen LogP contribution in [0, 0.1) is 5.92 Å². The second-order valence-corrected chi connectivity index (χ2v) is 14.1. The number of thiophene rings is 1. The highest BCUT2D eigenvalue weighted by atomic mass is 32.2. The lowest BCUT2D eigenvalue weighted by atomic mass is 9.82. The van der Waals surface area contributed by atoms with E-state index in [1.807, 2.05) is 30.3 Å². The molecule has 9 nitrogen and oxygen atoms in total. The Bertz CT molecular complexity index is 1510. The Hall–Kier alpha value is -3.28. The van der Waals surface area contributed by atoms with Crippen molar-refractivity contribution in [2.24, 2.45) is 5.92 Å². The molecule has 3 aliphatic rings. The topological polar surface area (TPSA) is 111 Å². The van der Waals surface area contributed by atoms with Gasteiger partial charge in [-0.25, -0.2) is 18.2 Å². The van der Waals surface area contributed by atoms with Crippen molar-refractivity contribution in [1.29, 1.82) is 0 Å². The number of sulfonamides is 1. The van der Waals surface area contributed by atoms with Crippen molar-refractivity contribution in [2.45, 2.75) is 55.9 Å². The molecule has 3 aromatic rings. The zero-order valence-electron chi connectivity index (χ0n) is 22.8. The van der Waals surface area contributed by atoms with Crippen LogP contribution in [0.25, 0.3) is 10.4 Å². The molecule has 2 saturated heterocycles. The number of carbonyl (C=O) groups is 2. The fourth-order valence-corrected chi connectivity index (χ4v) is 8.75. The van der Waals surface area contributed by atoms with E-state index < -0.39 is 27.9 Å². The Labute approximate surface area is 244 Å². The number of benzene rings is 1. The van der Waals surface area contributed by atoms with Gasteiger partial charge in [-0.15, -0.1) is 11.3 Å². The van der Waals surface area contributed by atoms with E-state index in [-0.39, 0.29) is 28.8 Å². The molecular formula is C30H34N4O5S2. The van der Waals surface area contributed by atoms with Crippen molar-refractivity contribution in [3.8, 4) is 10.4 Å². The van der Waals surface area contributed by atoms with Crippen LogP contribution in [0.4, 0.5) is 11.5 Å². The molecule has 0 spiro atoms. The van der Waals surface area contributed by atoms with Crippen molar-refractivity contribution in [3.05, 3.63) is 59.6 Å². The van der Waals surface area contributed by atoms with Crippen LogP contribution in [0.15, 0.2) is 59.6 Å². The number of aromatic carboxylic acids is 1. The molecular weight excluding hydrogens is 560 g/mol. The summed E-state index contributed by atoms with van der Waals surface area (Å²) in [6.45, 7) is 1.58. The Balaban J connectivity index is 1.34. The SMILES string of the molecule is O=C(O)c1sc(-c2ccccc2)cc1N1C(=O)CN(S(=O)(=O)c2ccc(N3CCCC3)nc2)CC1C1CCCCC1. The molecule has 1 amide bonds. The molecule has 4 heterocycles. The van der Waals surface area contributed by atoms with Crippen LogP contribution in [-0.2, 0) is 14.8 Å². The maximum atomic E-state index is 13.9. The van der Waals surface area contributed by atoms with Gasteiger partial charge in [0.05, 0.1) is 18.3 Å². The van der Waals surface area contributed by atoms with Crippen LogP contribution in [0.2, 0.25) is 0 Å². The molecule has 6 rings (SSSR count). The fourth-order valence-electron chi connectivity index (χ4n) is 6.41. The molecule has 11 heteroatoms. The predicted molar refractivity (Wildman–Crippen MR) is 159 cm³/mol. The average molecular weight is 595 g/mol. The van der Waals surface area contributed by atoms with Gasteiger partial charge in [-0.3, -0.25) is 4.79 Å². The summed E-state index contributed by atoms with van der Waals surface area (Å²) in [5.41, 5.74) is 1.23. The summed E-state index contributed by atoms with van der Waals surface area (Å²) in [6.07, 6.45) is 8.42. The molecule has 41 heavy (non-hydrogen) atoms. The number of hydrogen-bond acceptors (Lipinski definition) is 7. The van der Waals surface area contributed by atoms with E-state index in [1.165, 1.54) is 10.5 Å². The summed E-state index contributed by atoms with van der Waals surface area (Å²) in [6, 6.07) is 14.1. The molecule has 1 aromatic carbocycles. The monoisotopic (exact) mass is 594 g/mol. The number of rotatable bonds is 7. The van der Waals surface area contributed by atoms with Crippen LogP contribution in [0.5, 0.6) is 0 Å². The third-order valence-electron chi connectivity index (χ3n) is 8.51. The number of piperazine rings is 1. The number of carboxylic acids is 1. The van der Waals surface area contributed by atoms with E-state index >= 15 is 0 Å². The number of pyridine rings is 1. The molecule has 1 unspecified atom stereocenters. The first-order chi connectivity index (χ1) is 19.8. The minimum Gasteiger partial charge on any atom is -0.477 e. The Morgan fingerprint density at radius 3 is 2.37 bits per heavy atom. The molecule has 3 fully saturated rings. The largest absolute Gasteiger partial charge is 0.477 e. The molecule has 2 aromatic heterocycles. The lowest BCUT2D eigenvalue weighted by molar-refractivity contribution is -0.121. The summed E-state index contributed by atoms with van der Waals surface area (Å²) >= 11 is 1.14. The number of anilines is 2. The smallest absolute Gasteiger partial charge is 0.348 e. The van der Waals surface area contributed by atoms with Crippen molar-refractivity contribution < 1.29 is 23.1 Å². The fraction of sp³-hybridized carbons (Fsp3) is 0.433. The molecule has 1 N–H and O–H groups in total. The first-order valence-corrected chi connectivity index (χ1v) is 16.5. The Morgan fingerprint density at radius 1 is 0.976 bits per heavy atom. The quantitative estimate of drug-likeness (QED) is 0.405. The van der Waals surface area contributed by atoms with Gasteiger partial charge in [0.2, 0.25) is 15.9 Å². The number of nitrogens with zero attached hydrogens (tertiary/aromatic N) is 4. The molecule has 1 saturated carbocycles. The van der Waals surface area contributed by atoms with Crippen LogP contribution >= 0.6 is 11.3 Å². The van der Waals surface area contributed by atoms with E-state index in [0.29, 0.717) is 5.69 Å². The maximum absolute atomic E-state index is 13.9. The number of amides is 1. The maximum Gasteiger partial charge on any atom is 0.348 e. The second-order valence-electron chi connectivity index (χ2n) is 11.1. The van der Waals surface area contributed by atoms with Gasteiger partial charge in [-0.1, -0.05) is 49.6 Å². The summed E-state index contributed by atoms with van der Waals surface area (Å²) < 4.78 is 28.9. The molecule has 1 atom stereocenters. The third kappa shape index (κ3) is 5.50. The number of carbonyl (C=O) groups excluding carboxylic acids is 1. The minimum absolute atomic E-state index is 0.0669. The van der Waals surface area contributed by atoms with Gasteiger partial charge in [0.25, 0.3) is 0 Å². The van der Waals surface area contributed by atoms with Crippen LogP contribution in [-0.4, -0.2) is 66.9 Å². The number of aromatic nitrogens is 1. The normalized spacial score (nSPS) is 21.0. The van der Waals surface area contributed by atoms with Gasteiger partial charge in [0.1, 0.15) is 15.6 Å². The molecule has 0 bridgehead atoms. The van der Waals surface area contributed by atoms with Gasteiger partial charge in [0, 0.05) is 30.7 Å². The molecule has 2 aliphatic heterocycles. The lowest BCUT2D eigenvalue weighted by Gasteiger charge is -2.44. The summed E-state index contributed by atoms with van der Waals surface area (Å²) in [4.78, 5) is 35.4. The van der Waals surface area contributed by atoms with Crippen molar-refractivity contribution in [2.75, 3.05) is 36.0 Å². The standard InChI is InChI=1S/C30H34N4O5S2/c35-28-20-33(41(38,39)23-13-14-27(31-18-23)32-15-7-8-16-32)19-25(21-9-3-1-4-10-21)34(28)24-17-26(40-29(24)30(36)37)22-11-5-2-6-12-22/h2,5-6,11-14,17-18,21,25H,1,3-4,7-10,15-16,19-20H2,(H,36,37). The van der Waals surface area contributed by atoms with E-state index in [2.05, 4.69) is 9.88 Å². The molecule has 1 aliphatic carbocycles. The van der Waals surface area contributed by atoms with E-state index in [9.17, 15) is 23.1 Å². The molecule has 0 radical (unpaired) electrons. The zero-order valence-corrected chi connectivity index (χ0v) is 24.4. The first kappa shape index (κ1) is 27.9. The van der Waals surface area contributed by atoms with E-state index in [0.717, 1.165) is 85.6 Å². The van der Waals surface area contributed by atoms with Gasteiger partial charge in [0.15, 0.2) is 0 Å². The van der Waals surface area contributed by atoms with Crippen molar-refractivity contribution in [1.82, 2.24) is 9.29 Å². The Kier molecular flexibility index (Phi) is 7.84. The van der Waals surface area contributed by atoms with Gasteiger partial charge >= 0.3 is 5.97 Å². The summed E-state index contributed by atoms with van der Waals surface area (Å²) in [5, 5.41) is 10.1. The van der Waals surface area contributed by atoms with E-state index in [4.69, 9.17) is 0 Å². The van der Waals surface area contributed by atoms with Crippen LogP contribution in [0.3, 0.4) is 0 Å². The first-order valence-electron chi connectivity index (χ1n) is 14.3. The predicted octanol–water partition coefficient (Wildman–Crippen LogP) is 5.09. The summed E-state index contributed by atoms with van der Waals surface area (Å²) in [7, 11) is -3.99. The van der Waals surface area contributed by atoms with Gasteiger partial charge < -0.3 is 14.9 Å². The van der Waals surface area contributed by atoms with Crippen LogP contribution < -0.4 is 9.80 Å². The minimum atomic E-state index is -3.99. The van der Waals surface area contributed by atoms with Gasteiger partial charge in [-0.05, 0) is 55.4 Å². The zero-order chi connectivity index (χ0) is 28.6. The third-order valence-corrected chi connectivity index (χ3v) is 11.5. The second kappa shape index (κ2) is 11.5. The van der Waals surface area contributed by atoms with Crippen LogP contribution in [0.1, 0.15) is 54.6 Å². The number of carboxylic acid groups (broad SMARTS) is 1. The Morgan fingerprint density at radius 2 is 1.71 bits per heavy atom. The molecule has 216 valence electrons. The number of hydrogen-bond donors (Lipinski definition) is 1. The average Bonchev–Trinajstić information content (AvgIpc) is 3.69. The van der Waals surface area contributed by atoms with Gasteiger partial charge in [-0.2, -0.15) is 4.31 Å². The highest BCUT2D eigenvalue weighted by molar-refractivity contribution is 7.89. The van der Waals surface area contributed by atoms with Crippen molar-refractivity contribution in [3.63, 3.8) is 0 Å². The summed E-state index contributed by atoms with van der Waals surface area (Å²) in [5.74, 6) is -0.669. The van der Waals surface area contributed by atoms with Crippen molar-refractivity contribution >= 4 is 44.7 Å². The highest BCUT2D eigenvalue weighted by Gasteiger charge is 2.44. The lowest BCUT2D eigenvalue weighted by Crippen LogP contribution is -2.60. The van der Waals surface area contributed by atoms with E-state index in [1.54, 1.807) is 23.1 Å². The highest BCUT2D eigenvalue weighted by Crippen LogP contribution is 2.42.